The van der Waals surface area contributed by atoms with E-state index < -0.39 is 0 Å². The fourth-order valence-corrected chi connectivity index (χ4v) is 3.15. The highest BCUT2D eigenvalue weighted by Gasteiger charge is 2.16. The second-order valence-corrected chi connectivity index (χ2v) is 8.04. The van der Waals surface area contributed by atoms with Gasteiger partial charge in [0.25, 0.3) is 0 Å². The third-order valence-corrected chi connectivity index (χ3v) is 4.33. The van der Waals surface area contributed by atoms with Crippen molar-refractivity contribution in [1.82, 2.24) is 10.3 Å². The van der Waals surface area contributed by atoms with Crippen LogP contribution >= 0.6 is 11.3 Å². The summed E-state index contributed by atoms with van der Waals surface area (Å²) in [7, 11) is 0. The van der Waals surface area contributed by atoms with Gasteiger partial charge in [-0.05, 0) is 33.1 Å². The molecule has 1 heterocycles. The zero-order valence-corrected chi connectivity index (χ0v) is 14.6. The van der Waals surface area contributed by atoms with Crippen LogP contribution in [0, 0.1) is 5.92 Å². The van der Waals surface area contributed by atoms with Gasteiger partial charge in [-0.1, -0.05) is 44.2 Å². The highest BCUT2D eigenvalue weighted by atomic mass is 32.1. The monoisotopic (exact) mass is 302 g/mol. The van der Waals surface area contributed by atoms with Crippen LogP contribution in [0.5, 0.6) is 0 Å². The Balaban J connectivity index is 2.27. The summed E-state index contributed by atoms with van der Waals surface area (Å²) in [5, 5.41) is 4.72. The number of nitrogens with one attached hydrogen (secondary N) is 1. The lowest BCUT2D eigenvalue weighted by atomic mass is 10.1. The SMILES string of the molecule is CC(C)Cc1nc(-c2ccccc2)sc1CNC(C)(C)C. The molecule has 2 nitrogen and oxygen atoms in total. The largest absolute Gasteiger partial charge is 0.307 e. The van der Waals surface area contributed by atoms with Crippen molar-refractivity contribution in [3.63, 3.8) is 0 Å². The van der Waals surface area contributed by atoms with E-state index in [1.54, 1.807) is 0 Å². The Labute approximate surface area is 132 Å². The molecule has 0 fully saturated rings. The predicted molar refractivity (Wildman–Crippen MR) is 92.7 cm³/mol. The molecule has 1 aromatic heterocycles. The number of benzene rings is 1. The van der Waals surface area contributed by atoms with Crippen molar-refractivity contribution >= 4 is 11.3 Å². The Bertz CT molecular complexity index is 565. The molecule has 114 valence electrons. The van der Waals surface area contributed by atoms with Crippen molar-refractivity contribution in [2.45, 2.75) is 53.1 Å². The fourth-order valence-electron chi connectivity index (χ4n) is 2.12. The van der Waals surface area contributed by atoms with E-state index in [4.69, 9.17) is 4.98 Å². The second kappa shape index (κ2) is 6.71. The molecule has 0 saturated heterocycles. The van der Waals surface area contributed by atoms with Crippen LogP contribution < -0.4 is 5.32 Å². The van der Waals surface area contributed by atoms with Crippen LogP contribution in [0.25, 0.3) is 10.6 Å². The average Bonchev–Trinajstić information content (AvgIpc) is 2.79. The summed E-state index contributed by atoms with van der Waals surface area (Å²) in [6.07, 6.45) is 1.05. The van der Waals surface area contributed by atoms with Crippen LogP contribution in [0.3, 0.4) is 0 Å². The summed E-state index contributed by atoms with van der Waals surface area (Å²) >= 11 is 1.82. The van der Waals surface area contributed by atoms with E-state index in [1.807, 2.05) is 17.4 Å². The molecule has 0 aliphatic carbocycles. The minimum absolute atomic E-state index is 0.131. The van der Waals surface area contributed by atoms with Crippen LogP contribution in [-0.4, -0.2) is 10.5 Å². The molecule has 21 heavy (non-hydrogen) atoms. The Morgan fingerprint density at radius 2 is 1.81 bits per heavy atom. The highest BCUT2D eigenvalue weighted by Crippen LogP contribution is 2.29. The van der Waals surface area contributed by atoms with Gasteiger partial charge in [0.1, 0.15) is 5.01 Å². The van der Waals surface area contributed by atoms with E-state index in [0.717, 1.165) is 18.0 Å². The first-order valence-corrected chi connectivity index (χ1v) is 8.46. The Kier molecular flexibility index (Phi) is 5.17. The maximum atomic E-state index is 4.90. The summed E-state index contributed by atoms with van der Waals surface area (Å²) in [6.45, 7) is 12.0. The molecule has 0 spiro atoms. The van der Waals surface area contributed by atoms with Crippen LogP contribution in [-0.2, 0) is 13.0 Å². The first-order chi connectivity index (χ1) is 9.85. The molecule has 0 bridgehead atoms. The van der Waals surface area contributed by atoms with Crippen LogP contribution in [0.1, 0.15) is 45.2 Å². The van der Waals surface area contributed by atoms with E-state index in [1.165, 1.54) is 16.1 Å². The number of nitrogens with zero attached hydrogens (tertiary/aromatic N) is 1. The molecule has 1 N–H and O–H groups in total. The van der Waals surface area contributed by atoms with Crippen molar-refractivity contribution < 1.29 is 0 Å². The lowest BCUT2D eigenvalue weighted by molar-refractivity contribution is 0.425. The molecule has 0 atom stereocenters. The molecule has 1 aromatic carbocycles. The normalized spacial score (nSPS) is 12.1. The quantitative estimate of drug-likeness (QED) is 0.850. The van der Waals surface area contributed by atoms with Gasteiger partial charge >= 0.3 is 0 Å². The summed E-state index contributed by atoms with van der Waals surface area (Å²) in [6, 6.07) is 10.5. The fraction of sp³-hybridized carbons (Fsp3) is 0.500. The number of thiazole rings is 1. The average molecular weight is 302 g/mol. The molecular weight excluding hydrogens is 276 g/mol. The van der Waals surface area contributed by atoms with Crippen molar-refractivity contribution in [2.24, 2.45) is 5.92 Å². The molecule has 2 rings (SSSR count). The topological polar surface area (TPSA) is 24.9 Å². The molecular formula is C18H26N2S. The molecule has 0 amide bonds. The van der Waals surface area contributed by atoms with Gasteiger partial charge in [0.15, 0.2) is 0 Å². The van der Waals surface area contributed by atoms with Gasteiger partial charge < -0.3 is 5.32 Å². The highest BCUT2D eigenvalue weighted by molar-refractivity contribution is 7.15. The first-order valence-electron chi connectivity index (χ1n) is 7.64. The summed E-state index contributed by atoms with van der Waals surface area (Å²) < 4.78 is 0. The van der Waals surface area contributed by atoms with Crippen LogP contribution in [0.15, 0.2) is 30.3 Å². The summed E-state index contributed by atoms with van der Waals surface area (Å²) in [4.78, 5) is 6.27. The van der Waals surface area contributed by atoms with Crippen molar-refractivity contribution in [1.29, 1.82) is 0 Å². The summed E-state index contributed by atoms with van der Waals surface area (Å²) in [5.41, 5.74) is 2.60. The number of rotatable bonds is 5. The van der Waals surface area contributed by atoms with Gasteiger partial charge in [-0.15, -0.1) is 11.3 Å². The Morgan fingerprint density at radius 1 is 1.14 bits per heavy atom. The Hall–Kier alpha value is -1.19. The standard InChI is InChI=1S/C18H26N2S/c1-13(2)11-15-16(12-19-18(3,4)5)21-17(20-15)14-9-7-6-8-10-14/h6-10,13,19H,11-12H2,1-5H3. The minimum Gasteiger partial charge on any atom is -0.307 e. The van der Waals surface area contributed by atoms with Gasteiger partial charge in [-0.2, -0.15) is 0 Å². The van der Waals surface area contributed by atoms with E-state index in [0.29, 0.717) is 5.92 Å². The number of hydrogen-bond donors (Lipinski definition) is 1. The van der Waals surface area contributed by atoms with Gasteiger partial charge in [-0.3, -0.25) is 0 Å². The molecule has 0 radical (unpaired) electrons. The van der Waals surface area contributed by atoms with E-state index in [9.17, 15) is 0 Å². The van der Waals surface area contributed by atoms with E-state index >= 15 is 0 Å². The lowest BCUT2D eigenvalue weighted by Crippen LogP contribution is -2.35. The van der Waals surface area contributed by atoms with Gasteiger partial charge in [0.05, 0.1) is 5.69 Å². The van der Waals surface area contributed by atoms with Crippen molar-refractivity contribution in [3.05, 3.63) is 40.9 Å². The molecule has 0 aliphatic heterocycles. The molecule has 0 unspecified atom stereocenters. The first kappa shape index (κ1) is 16.2. The maximum absolute atomic E-state index is 4.90. The van der Waals surface area contributed by atoms with Crippen LogP contribution in [0.4, 0.5) is 0 Å². The minimum atomic E-state index is 0.131. The van der Waals surface area contributed by atoms with Gasteiger partial charge in [0.2, 0.25) is 0 Å². The van der Waals surface area contributed by atoms with Crippen molar-refractivity contribution in [3.8, 4) is 10.6 Å². The lowest BCUT2D eigenvalue weighted by Gasteiger charge is -2.20. The van der Waals surface area contributed by atoms with Gasteiger partial charge in [-0.25, -0.2) is 4.98 Å². The number of aromatic nitrogens is 1. The molecule has 3 heteroatoms. The maximum Gasteiger partial charge on any atom is 0.123 e. The third-order valence-electron chi connectivity index (χ3n) is 3.18. The predicted octanol–water partition coefficient (Wildman–Crippen LogP) is 4.90. The Morgan fingerprint density at radius 3 is 2.38 bits per heavy atom. The third kappa shape index (κ3) is 4.94. The van der Waals surface area contributed by atoms with E-state index in [2.05, 4.69) is 64.2 Å². The van der Waals surface area contributed by atoms with Gasteiger partial charge in [0, 0.05) is 22.5 Å². The number of hydrogen-bond acceptors (Lipinski definition) is 3. The molecule has 0 saturated carbocycles. The zero-order valence-electron chi connectivity index (χ0n) is 13.7. The zero-order chi connectivity index (χ0) is 15.5. The van der Waals surface area contributed by atoms with E-state index in [-0.39, 0.29) is 5.54 Å². The van der Waals surface area contributed by atoms with Crippen molar-refractivity contribution in [2.75, 3.05) is 0 Å². The second-order valence-electron chi connectivity index (χ2n) is 6.96. The molecule has 2 aromatic rings. The summed E-state index contributed by atoms with van der Waals surface area (Å²) in [5.74, 6) is 0.629. The smallest absolute Gasteiger partial charge is 0.123 e. The van der Waals surface area contributed by atoms with Crippen LogP contribution in [0.2, 0.25) is 0 Å². The molecule has 0 aliphatic rings.